The van der Waals surface area contributed by atoms with E-state index in [4.69, 9.17) is 4.55 Å². The molecule has 0 saturated carbocycles. The third-order valence-corrected chi connectivity index (χ3v) is 4.43. The fraction of sp³-hybridized carbons (Fsp3) is 0. The van der Waals surface area contributed by atoms with Crippen molar-refractivity contribution in [3.8, 4) is 6.07 Å². The van der Waals surface area contributed by atoms with E-state index in [0.29, 0.717) is 5.69 Å². The molecule has 0 unspecified atom stereocenters. The number of hydrogen-bond donors (Lipinski definition) is 4. The number of H-pyrrole nitrogens is 1. The third kappa shape index (κ3) is 4.30. The summed E-state index contributed by atoms with van der Waals surface area (Å²) in [5.74, 6) is -0.736. The fourth-order valence-electron chi connectivity index (χ4n) is 2.26. The van der Waals surface area contributed by atoms with Crippen LogP contribution < -0.4 is 10.6 Å². The number of nitrogens with one attached hydrogen (secondary N) is 3. The lowest BCUT2D eigenvalue weighted by Gasteiger charge is -2.06. The normalized spacial score (nSPS) is 11.8. The Morgan fingerprint density at radius 3 is 2.78 bits per heavy atom. The number of carbonyl (C=O) groups excluding carboxylic acids is 1. The molecule has 0 aliphatic carbocycles. The smallest absolute Gasteiger partial charge is 0.294 e. The number of fused-ring (bicyclic) bond motifs is 1. The van der Waals surface area contributed by atoms with Crippen LogP contribution in [0.15, 0.2) is 65.3 Å². The minimum atomic E-state index is -4.40. The van der Waals surface area contributed by atoms with Gasteiger partial charge >= 0.3 is 0 Å². The lowest BCUT2D eigenvalue weighted by molar-refractivity contribution is -0.112. The van der Waals surface area contributed by atoms with Crippen LogP contribution in [0.5, 0.6) is 0 Å². The molecule has 0 atom stereocenters. The second-order valence-electron chi connectivity index (χ2n) is 5.44. The quantitative estimate of drug-likeness (QED) is 0.300. The van der Waals surface area contributed by atoms with E-state index in [1.54, 1.807) is 24.4 Å². The molecule has 1 heterocycles. The summed E-state index contributed by atoms with van der Waals surface area (Å²) < 4.78 is 31.4. The minimum Gasteiger partial charge on any atom is -0.360 e. The molecular formula is C17H13N5O4S. The van der Waals surface area contributed by atoms with Crippen molar-refractivity contribution in [1.82, 2.24) is 10.2 Å². The van der Waals surface area contributed by atoms with Gasteiger partial charge in [0.2, 0.25) is 0 Å². The summed E-state index contributed by atoms with van der Waals surface area (Å²) >= 11 is 0. The van der Waals surface area contributed by atoms with Crippen LogP contribution in [0.1, 0.15) is 0 Å². The van der Waals surface area contributed by atoms with Gasteiger partial charge in [0.1, 0.15) is 11.6 Å². The molecule has 0 saturated heterocycles. The van der Waals surface area contributed by atoms with Crippen molar-refractivity contribution in [3.63, 3.8) is 0 Å². The summed E-state index contributed by atoms with van der Waals surface area (Å²) in [5.41, 5.74) is 1.33. The first-order chi connectivity index (χ1) is 12.9. The molecule has 0 fully saturated rings. The van der Waals surface area contributed by atoms with E-state index in [9.17, 15) is 18.5 Å². The predicted octanol–water partition coefficient (Wildman–Crippen LogP) is 2.27. The Morgan fingerprint density at radius 1 is 1.22 bits per heavy atom. The van der Waals surface area contributed by atoms with Crippen LogP contribution >= 0.6 is 0 Å². The summed E-state index contributed by atoms with van der Waals surface area (Å²) in [6.45, 7) is 0. The summed E-state index contributed by atoms with van der Waals surface area (Å²) in [5, 5.41) is 22.1. The number of rotatable bonds is 5. The number of hydrogen-bond acceptors (Lipinski definition) is 6. The Morgan fingerprint density at radius 2 is 2.04 bits per heavy atom. The third-order valence-electron chi connectivity index (χ3n) is 3.58. The molecule has 3 rings (SSSR count). The Hall–Kier alpha value is -3.68. The average molecular weight is 383 g/mol. The van der Waals surface area contributed by atoms with Gasteiger partial charge in [-0.3, -0.25) is 14.4 Å². The lowest BCUT2D eigenvalue weighted by atomic mass is 10.2. The second kappa shape index (κ2) is 7.28. The topological polar surface area (TPSA) is 148 Å². The summed E-state index contributed by atoms with van der Waals surface area (Å²) in [7, 11) is -4.40. The fourth-order valence-corrected chi connectivity index (χ4v) is 2.79. The Labute approximate surface area is 154 Å². The van der Waals surface area contributed by atoms with Gasteiger partial charge in [-0.05, 0) is 36.4 Å². The van der Waals surface area contributed by atoms with Gasteiger partial charge in [0.15, 0.2) is 0 Å². The monoisotopic (exact) mass is 383 g/mol. The van der Waals surface area contributed by atoms with Crippen molar-refractivity contribution in [2.75, 3.05) is 10.6 Å². The van der Waals surface area contributed by atoms with E-state index in [1.807, 2.05) is 6.07 Å². The van der Waals surface area contributed by atoms with Crippen LogP contribution in [0.2, 0.25) is 0 Å². The highest BCUT2D eigenvalue weighted by Crippen LogP contribution is 2.18. The van der Waals surface area contributed by atoms with Gasteiger partial charge in [-0.2, -0.15) is 18.8 Å². The maximum atomic E-state index is 12.2. The van der Waals surface area contributed by atoms with Crippen LogP contribution in [0.4, 0.5) is 11.4 Å². The van der Waals surface area contributed by atoms with Crippen LogP contribution in [0.25, 0.3) is 10.9 Å². The van der Waals surface area contributed by atoms with Gasteiger partial charge in [-0.25, -0.2) is 0 Å². The first-order valence-electron chi connectivity index (χ1n) is 7.55. The number of carbonyl (C=O) groups is 1. The van der Waals surface area contributed by atoms with Gasteiger partial charge in [0, 0.05) is 23.0 Å². The Balaban J connectivity index is 1.75. The van der Waals surface area contributed by atoms with Crippen molar-refractivity contribution >= 4 is 38.3 Å². The maximum absolute atomic E-state index is 12.2. The summed E-state index contributed by atoms with van der Waals surface area (Å²) in [4.78, 5) is 11.9. The average Bonchev–Trinajstić information content (AvgIpc) is 3.09. The number of nitriles is 1. The number of nitrogens with zero attached hydrogens (tertiary/aromatic N) is 2. The first-order valence-corrected chi connectivity index (χ1v) is 9.00. The second-order valence-corrected chi connectivity index (χ2v) is 6.86. The summed E-state index contributed by atoms with van der Waals surface area (Å²) in [6, 6.07) is 12.2. The SMILES string of the molecule is N#C/C(=C/Nc1ccc2cn[nH]c2c1)C(=O)Nc1cccc(S(=O)(=O)O)c1. The molecule has 4 N–H and O–H groups in total. The van der Waals surface area contributed by atoms with Crippen molar-refractivity contribution in [1.29, 1.82) is 5.26 Å². The van der Waals surface area contributed by atoms with Gasteiger partial charge in [0.05, 0.1) is 16.6 Å². The molecule has 0 aliphatic rings. The summed E-state index contributed by atoms with van der Waals surface area (Å²) in [6.07, 6.45) is 2.91. The number of benzene rings is 2. The predicted molar refractivity (Wildman–Crippen MR) is 98.3 cm³/mol. The van der Waals surface area contributed by atoms with Crippen molar-refractivity contribution in [2.45, 2.75) is 4.90 Å². The highest BCUT2D eigenvalue weighted by molar-refractivity contribution is 7.85. The first kappa shape index (κ1) is 18.1. The molecule has 3 aromatic rings. The van der Waals surface area contributed by atoms with Gasteiger partial charge < -0.3 is 10.6 Å². The maximum Gasteiger partial charge on any atom is 0.294 e. The van der Waals surface area contributed by atoms with Crippen molar-refractivity contribution < 1.29 is 17.8 Å². The van der Waals surface area contributed by atoms with E-state index in [1.165, 1.54) is 24.4 Å². The van der Waals surface area contributed by atoms with Crippen LogP contribution in [-0.2, 0) is 14.9 Å². The van der Waals surface area contributed by atoms with Crippen LogP contribution in [-0.4, -0.2) is 29.1 Å². The van der Waals surface area contributed by atoms with E-state index >= 15 is 0 Å². The molecule has 0 aliphatic heterocycles. The molecular weight excluding hydrogens is 370 g/mol. The Bertz CT molecular complexity index is 1190. The molecule has 1 amide bonds. The van der Waals surface area contributed by atoms with Crippen molar-refractivity contribution in [3.05, 3.63) is 60.4 Å². The van der Waals surface area contributed by atoms with E-state index in [-0.39, 0.29) is 16.2 Å². The van der Waals surface area contributed by atoms with E-state index in [0.717, 1.165) is 17.0 Å². The van der Waals surface area contributed by atoms with Crippen molar-refractivity contribution in [2.24, 2.45) is 0 Å². The molecule has 1 aromatic heterocycles. The van der Waals surface area contributed by atoms with E-state index < -0.39 is 16.0 Å². The van der Waals surface area contributed by atoms with Gasteiger partial charge in [-0.1, -0.05) is 6.07 Å². The minimum absolute atomic E-state index is 0.121. The molecule has 136 valence electrons. The van der Waals surface area contributed by atoms with E-state index in [2.05, 4.69) is 20.8 Å². The molecule has 2 aromatic carbocycles. The zero-order valence-electron chi connectivity index (χ0n) is 13.7. The molecule has 0 bridgehead atoms. The molecule has 27 heavy (non-hydrogen) atoms. The molecule has 10 heteroatoms. The highest BCUT2D eigenvalue weighted by atomic mass is 32.2. The molecule has 0 spiro atoms. The largest absolute Gasteiger partial charge is 0.360 e. The van der Waals surface area contributed by atoms with Gasteiger partial charge in [-0.15, -0.1) is 0 Å². The van der Waals surface area contributed by atoms with Crippen LogP contribution in [0.3, 0.4) is 0 Å². The molecule has 9 nitrogen and oxygen atoms in total. The molecule has 0 radical (unpaired) electrons. The van der Waals surface area contributed by atoms with Gasteiger partial charge in [0.25, 0.3) is 16.0 Å². The van der Waals surface area contributed by atoms with Crippen LogP contribution in [0, 0.1) is 11.3 Å². The highest BCUT2D eigenvalue weighted by Gasteiger charge is 2.13. The lowest BCUT2D eigenvalue weighted by Crippen LogP contribution is -2.15. The zero-order valence-corrected chi connectivity index (χ0v) is 14.5. The number of amides is 1. The number of aromatic amines is 1. The number of aromatic nitrogens is 2. The standard InChI is InChI=1S/C17H13N5O4S/c18-8-12(9-19-13-5-4-11-10-20-22-16(11)7-13)17(23)21-14-2-1-3-15(6-14)27(24,25)26/h1-7,9-10,19H,(H,20,22)(H,21,23)(H,24,25,26)/b12-9-. The number of anilines is 2. The Kier molecular flexibility index (Phi) is 4.89. The zero-order chi connectivity index (χ0) is 19.4.